The molecule has 1 aliphatic rings. The fourth-order valence-corrected chi connectivity index (χ4v) is 3.45. The molecule has 2 aromatic heterocycles. The maximum Gasteiger partial charge on any atom is 0.274 e. The zero-order chi connectivity index (χ0) is 19.0. The molecule has 1 unspecified atom stereocenters. The van der Waals surface area contributed by atoms with E-state index in [2.05, 4.69) is 27.5 Å². The number of aromatic nitrogens is 3. The molecular weight excluding hydrogens is 340 g/mol. The van der Waals surface area contributed by atoms with E-state index < -0.39 is 0 Å². The van der Waals surface area contributed by atoms with Gasteiger partial charge in [-0.25, -0.2) is 4.98 Å². The highest BCUT2D eigenvalue weighted by Crippen LogP contribution is 2.39. The quantitative estimate of drug-likeness (QED) is 0.706. The Morgan fingerprint density at radius 1 is 1.33 bits per heavy atom. The molecule has 0 saturated heterocycles. The number of pyridine rings is 1. The van der Waals surface area contributed by atoms with Gasteiger partial charge in [-0.2, -0.15) is 0 Å². The Kier molecular flexibility index (Phi) is 4.56. The standard InChI is InChI=1S/C21H24N4O2/c1-13(8-9-14-6-4-3-5-7-14)22-20(26)16-12-17(15-10-11-15)23-19-18(16)21(27)24-25(19)2/h3-7,12-13,15H,8-11H2,1-2H3,(H,22,26)(H,24,27). The minimum Gasteiger partial charge on any atom is -0.350 e. The third-order valence-electron chi connectivity index (χ3n) is 5.16. The molecule has 2 N–H and O–H groups in total. The first-order chi connectivity index (χ1) is 13.0. The van der Waals surface area contributed by atoms with Crippen LogP contribution in [-0.2, 0) is 13.5 Å². The van der Waals surface area contributed by atoms with E-state index >= 15 is 0 Å². The predicted octanol–water partition coefficient (Wildman–Crippen LogP) is 2.89. The van der Waals surface area contributed by atoms with Crippen molar-refractivity contribution in [3.63, 3.8) is 0 Å². The van der Waals surface area contributed by atoms with Gasteiger partial charge in [-0.3, -0.25) is 19.4 Å². The highest BCUT2D eigenvalue weighted by atomic mass is 16.2. The number of hydrogen-bond acceptors (Lipinski definition) is 3. The van der Waals surface area contributed by atoms with Gasteiger partial charge in [-0.15, -0.1) is 0 Å². The first kappa shape index (κ1) is 17.5. The molecule has 140 valence electrons. The van der Waals surface area contributed by atoms with Crippen LogP contribution in [0.15, 0.2) is 41.2 Å². The fourth-order valence-electron chi connectivity index (χ4n) is 3.45. The third-order valence-corrected chi connectivity index (χ3v) is 5.16. The molecule has 0 aliphatic heterocycles. The average Bonchev–Trinajstić information content (AvgIpc) is 3.47. The number of carbonyl (C=O) groups is 1. The largest absolute Gasteiger partial charge is 0.350 e. The number of rotatable bonds is 6. The van der Waals surface area contributed by atoms with E-state index in [1.54, 1.807) is 17.8 Å². The van der Waals surface area contributed by atoms with Crippen LogP contribution in [0.25, 0.3) is 11.0 Å². The van der Waals surface area contributed by atoms with Crippen molar-refractivity contribution in [1.82, 2.24) is 20.1 Å². The number of benzene rings is 1. The molecule has 1 atom stereocenters. The van der Waals surface area contributed by atoms with E-state index in [1.807, 2.05) is 25.1 Å². The Hall–Kier alpha value is -2.89. The summed E-state index contributed by atoms with van der Waals surface area (Å²) in [5.74, 6) is 0.197. The van der Waals surface area contributed by atoms with Crippen molar-refractivity contribution in [2.24, 2.45) is 7.05 Å². The lowest BCUT2D eigenvalue weighted by Gasteiger charge is -2.15. The number of aromatic amines is 1. The van der Waals surface area contributed by atoms with Crippen molar-refractivity contribution in [2.75, 3.05) is 0 Å². The van der Waals surface area contributed by atoms with Crippen LogP contribution in [-0.4, -0.2) is 26.7 Å². The highest BCUT2D eigenvalue weighted by molar-refractivity contribution is 6.05. The second kappa shape index (κ2) is 7.02. The molecule has 0 radical (unpaired) electrons. The van der Waals surface area contributed by atoms with Gasteiger partial charge in [-0.05, 0) is 44.2 Å². The van der Waals surface area contributed by atoms with Crippen LogP contribution in [0.1, 0.15) is 53.7 Å². The smallest absolute Gasteiger partial charge is 0.274 e. The number of aryl methyl sites for hydroxylation is 2. The number of H-pyrrole nitrogens is 1. The molecule has 27 heavy (non-hydrogen) atoms. The molecule has 1 aliphatic carbocycles. The van der Waals surface area contributed by atoms with E-state index in [0.717, 1.165) is 31.4 Å². The fraction of sp³-hybridized carbons (Fsp3) is 0.381. The summed E-state index contributed by atoms with van der Waals surface area (Å²) in [5.41, 5.74) is 2.85. The molecule has 1 saturated carbocycles. The normalized spacial score (nSPS) is 15.0. The van der Waals surface area contributed by atoms with Crippen LogP contribution >= 0.6 is 0 Å². The number of hydrogen-bond donors (Lipinski definition) is 2. The molecule has 0 spiro atoms. The minimum absolute atomic E-state index is 0.00749. The van der Waals surface area contributed by atoms with Gasteiger partial charge in [0.25, 0.3) is 11.5 Å². The zero-order valence-corrected chi connectivity index (χ0v) is 15.7. The van der Waals surface area contributed by atoms with Gasteiger partial charge < -0.3 is 5.32 Å². The van der Waals surface area contributed by atoms with Crippen LogP contribution in [0.2, 0.25) is 0 Å². The van der Waals surface area contributed by atoms with E-state index in [1.165, 1.54) is 5.56 Å². The van der Waals surface area contributed by atoms with Gasteiger partial charge in [0, 0.05) is 24.7 Å². The van der Waals surface area contributed by atoms with Gasteiger partial charge in [0.05, 0.1) is 10.9 Å². The molecule has 3 aromatic rings. The van der Waals surface area contributed by atoms with Crippen molar-refractivity contribution >= 4 is 16.9 Å². The zero-order valence-electron chi connectivity index (χ0n) is 15.7. The summed E-state index contributed by atoms with van der Waals surface area (Å²) in [5, 5.41) is 6.14. The first-order valence-electron chi connectivity index (χ1n) is 9.47. The second-order valence-electron chi connectivity index (χ2n) is 7.47. The summed E-state index contributed by atoms with van der Waals surface area (Å²) in [6.07, 6.45) is 3.91. The van der Waals surface area contributed by atoms with E-state index in [0.29, 0.717) is 22.5 Å². The van der Waals surface area contributed by atoms with Crippen molar-refractivity contribution in [1.29, 1.82) is 0 Å². The molecule has 1 amide bonds. The highest BCUT2D eigenvalue weighted by Gasteiger charge is 2.28. The average molecular weight is 364 g/mol. The van der Waals surface area contributed by atoms with Gasteiger partial charge in [-0.1, -0.05) is 30.3 Å². The molecule has 1 aromatic carbocycles. The van der Waals surface area contributed by atoms with Gasteiger partial charge in [0.1, 0.15) is 0 Å². The van der Waals surface area contributed by atoms with Crippen molar-refractivity contribution in [3.8, 4) is 0 Å². The number of nitrogens with one attached hydrogen (secondary N) is 2. The molecule has 6 heteroatoms. The monoisotopic (exact) mass is 364 g/mol. The number of amides is 1. The van der Waals surface area contributed by atoms with Crippen LogP contribution in [0, 0.1) is 0 Å². The second-order valence-corrected chi connectivity index (χ2v) is 7.47. The molecule has 2 heterocycles. The lowest BCUT2D eigenvalue weighted by atomic mass is 10.0. The van der Waals surface area contributed by atoms with Crippen LogP contribution in [0.3, 0.4) is 0 Å². The van der Waals surface area contributed by atoms with E-state index in [-0.39, 0.29) is 17.5 Å². The Balaban J connectivity index is 1.55. The summed E-state index contributed by atoms with van der Waals surface area (Å²) in [6, 6.07) is 12.0. The molecule has 4 rings (SSSR count). The number of nitrogens with zero attached hydrogens (tertiary/aromatic N) is 2. The maximum absolute atomic E-state index is 12.9. The Labute approximate surface area is 157 Å². The van der Waals surface area contributed by atoms with E-state index in [9.17, 15) is 9.59 Å². The van der Waals surface area contributed by atoms with Crippen LogP contribution in [0.4, 0.5) is 0 Å². The molecule has 0 bridgehead atoms. The van der Waals surface area contributed by atoms with Crippen LogP contribution in [0.5, 0.6) is 0 Å². The molecule has 6 nitrogen and oxygen atoms in total. The predicted molar refractivity (Wildman–Crippen MR) is 105 cm³/mol. The van der Waals surface area contributed by atoms with Crippen molar-refractivity contribution < 1.29 is 4.79 Å². The Morgan fingerprint density at radius 2 is 2.07 bits per heavy atom. The summed E-state index contributed by atoms with van der Waals surface area (Å²) in [4.78, 5) is 29.9. The summed E-state index contributed by atoms with van der Waals surface area (Å²) in [7, 11) is 1.75. The third kappa shape index (κ3) is 3.65. The molecule has 1 fully saturated rings. The lowest BCUT2D eigenvalue weighted by molar-refractivity contribution is 0.0940. The SMILES string of the molecule is CC(CCc1ccccc1)NC(=O)c1cc(C2CC2)nc2c1c(=O)[nH]n2C. The number of fused-ring (bicyclic) bond motifs is 1. The van der Waals surface area contributed by atoms with E-state index in [4.69, 9.17) is 0 Å². The van der Waals surface area contributed by atoms with Crippen molar-refractivity contribution in [3.05, 3.63) is 63.6 Å². The molecular formula is C21H24N4O2. The summed E-state index contributed by atoms with van der Waals surface area (Å²) < 4.78 is 1.60. The lowest BCUT2D eigenvalue weighted by Crippen LogP contribution is -2.33. The Morgan fingerprint density at radius 3 is 2.78 bits per heavy atom. The van der Waals surface area contributed by atoms with Gasteiger partial charge in [0.15, 0.2) is 5.65 Å². The minimum atomic E-state index is -0.274. The van der Waals surface area contributed by atoms with Crippen molar-refractivity contribution in [2.45, 2.75) is 44.6 Å². The number of carbonyl (C=O) groups excluding carboxylic acids is 1. The maximum atomic E-state index is 12.9. The topological polar surface area (TPSA) is 79.8 Å². The summed E-state index contributed by atoms with van der Waals surface area (Å²) in [6.45, 7) is 2.00. The Bertz CT molecular complexity index is 1030. The van der Waals surface area contributed by atoms with Gasteiger partial charge >= 0.3 is 0 Å². The van der Waals surface area contributed by atoms with Gasteiger partial charge in [0.2, 0.25) is 0 Å². The summed E-state index contributed by atoms with van der Waals surface area (Å²) >= 11 is 0. The first-order valence-corrected chi connectivity index (χ1v) is 9.47. The van der Waals surface area contributed by atoms with Crippen LogP contribution < -0.4 is 10.9 Å².